The minimum Gasteiger partial charge on any atom is -0.453 e. The summed E-state index contributed by atoms with van der Waals surface area (Å²) in [6.45, 7) is 0.753. The molecular formula is C28H28ClN9O3. The zero-order chi connectivity index (χ0) is 28.6. The first kappa shape index (κ1) is 27.7. The number of halogens is 1. The molecule has 3 heterocycles. The average molecular weight is 574 g/mol. The maximum Gasteiger partial charge on any atom is 0.411 e. The standard InChI is InChI=1S/C28H28ClN9O3/c1-41-28(40)33-21-8-9-22-19-14-25(35-31-16-19)23(5-3-2-4-12-30-24(22)15-21)34-27(39)11-6-18-13-20(29)7-10-26(18)38-17-32-36-37-38/h6-11,13-17,23,30H,2-5,12H2,1H3,(H,33,40)(H,34,39)/b11-6+. The third-order valence-corrected chi connectivity index (χ3v) is 6.83. The Bertz CT molecular complexity index is 1560. The molecule has 4 aromatic rings. The lowest BCUT2D eigenvalue weighted by Gasteiger charge is -2.20. The number of nitrogens with zero attached hydrogens (tertiary/aromatic N) is 6. The van der Waals surface area contributed by atoms with E-state index in [9.17, 15) is 9.59 Å². The summed E-state index contributed by atoms with van der Waals surface area (Å²) in [5, 5.41) is 29.7. The zero-order valence-corrected chi connectivity index (χ0v) is 23.0. The Morgan fingerprint density at radius 3 is 2.85 bits per heavy atom. The number of rotatable bonds is 5. The number of carbonyl (C=O) groups excluding carboxylic acids is 2. The lowest BCUT2D eigenvalue weighted by molar-refractivity contribution is -0.117. The molecule has 3 N–H and O–H groups in total. The fraction of sp³-hybridized carbons (Fsp3) is 0.250. The van der Waals surface area contributed by atoms with E-state index in [1.807, 2.05) is 18.2 Å². The monoisotopic (exact) mass is 573 g/mol. The number of benzene rings is 2. The molecule has 2 amide bonds. The summed E-state index contributed by atoms with van der Waals surface area (Å²) >= 11 is 6.21. The second-order valence-electron chi connectivity index (χ2n) is 9.37. The van der Waals surface area contributed by atoms with Crippen molar-refractivity contribution in [2.45, 2.75) is 31.7 Å². The minimum absolute atomic E-state index is 0.280. The third-order valence-electron chi connectivity index (χ3n) is 6.59. The Balaban J connectivity index is 1.39. The summed E-state index contributed by atoms with van der Waals surface area (Å²) in [4.78, 5) is 24.8. The number of methoxy groups -OCH3 is 1. The number of nitrogens with one attached hydrogen (secondary N) is 3. The summed E-state index contributed by atoms with van der Waals surface area (Å²) in [5.41, 5.74) is 5.22. The van der Waals surface area contributed by atoms with E-state index in [-0.39, 0.29) is 11.9 Å². The molecule has 0 saturated carbocycles. The molecule has 2 aromatic heterocycles. The van der Waals surface area contributed by atoms with Gasteiger partial charge in [-0.3, -0.25) is 10.1 Å². The van der Waals surface area contributed by atoms with Gasteiger partial charge in [0.15, 0.2) is 0 Å². The van der Waals surface area contributed by atoms with Crippen molar-refractivity contribution in [1.29, 1.82) is 0 Å². The Kier molecular flexibility index (Phi) is 8.79. The second kappa shape index (κ2) is 13.0. The van der Waals surface area contributed by atoms with Gasteiger partial charge in [-0.15, -0.1) is 5.10 Å². The van der Waals surface area contributed by atoms with Gasteiger partial charge in [0.05, 0.1) is 30.7 Å². The highest BCUT2D eigenvalue weighted by atomic mass is 35.5. The molecule has 1 aliphatic heterocycles. The van der Waals surface area contributed by atoms with Gasteiger partial charge >= 0.3 is 6.09 Å². The van der Waals surface area contributed by atoms with Crippen LogP contribution in [0.3, 0.4) is 0 Å². The second-order valence-corrected chi connectivity index (χ2v) is 9.81. The van der Waals surface area contributed by atoms with E-state index in [0.717, 1.165) is 42.6 Å². The maximum atomic E-state index is 13.1. The number of fused-ring (bicyclic) bond motifs is 4. The van der Waals surface area contributed by atoms with Gasteiger partial charge in [0, 0.05) is 45.7 Å². The number of hydrogen-bond acceptors (Lipinski definition) is 9. The zero-order valence-electron chi connectivity index (χ0n) is 22.2. The lowest BCUT2D eigenvalue weighted by Crippen LogP contribution is -2.28. The van der Waals surface area contributed by atoms with Gasteiger partial charge in [-0.1, -0.05) is 30.5 Å². The molecule has 0 saturated heterocycles. The van der Waals surface area contributed by atoms with Gasteiger partial charge in [0.2, 0.25) is 5.91 Å². The summed E-state index contributed by atoms with van der Waals surface area (Å²) < 4.78 is 6.22. The van der Waals surface area contributed by atoms with Crippen molar-refractivity contribution in [2.75, 3.05) is 24.3 Å². The summed E-state index contributed by atoms with van der Waals surface area (Å²) in [7, 11) is 1.32. The van der Waals surface area contributed by atoms with E-state index in [0.29, 0.717) is 34.1 Å². The Hall–Kier alpha value is -4.84. The molecule has 13 heteroatoms. The van der Waals surface area contributed by atoms with Crippen molar-refractivity contribution in [1.82, 2.24) is 35.7 Å². The summed E-state index contributed by atoms with van der Waals surface area (Å²) in [6, 6.07) is 12.4. The van der Waals surface area contributed by atoms with Gasteiger partial charge in [0.25, 0.3) is 0 Å². The molecule has 210 valence electrons. The first-order valence-electron chi connectivity index (χ1n) is 13.1. The van der Waals surface area contributed by atoms with Gasteiger partial charge in [-0.25, -0.2) is 4.79 Å². The minimum atomic E-state index is -0.541. The topological polar surface area (TPSA) is 149 Å². The van der Waals surface area contributed by atoms with E-state index in [2.05, 4.69) is 41.7 Å². The number of carbonyl (C=O) groups is 2. The molecule has 0 radical (unpaired) electrons. The predicted molar refractivity (Wildman–Crippen MR) is 155 cm³/mol. The molecule has 2 aromatic carbocycles. The highest BCUT2D eigenvalue weighted by Gasteiger charge is 2.18. The van der Waals surface area contributed by atoms with Crippen LogP contribution < -0.4 is 16.0 Å². The van der Waals surface area contributed by atoms with E-state index in [1.54, 1.807) is 36.5 Å². The average Bonchev–Trinajstić information content (AvgIpc) is 3.52. The quantitative estimate of drug-likeness (QED) is 0.286. The number of anilines is 2. The predicted octanol–water partition coefficient (Wildman–Crippen LogP) is 4.81. The van der Waals surface area contributed by atoms with Crippen LogP contribution in [0.5, 0.6) is 0 Å². The molecule has 0 spiro atoms. The van der Waals surface area contributed by atoms with Crippen molar-refractivity contribution in [3.8, 4) is 16.8 Å². The van der Waals surface area contributed by atoms with Crippen molar-refractivity contribution in [3.05, 3.63) is 77.3 Å². The van der Waals surface area contributed by atoms with Crippen molar-refractivity contribution in [3.63, 3.8) is 0 Å². The van der Waals surface area contributed by atoms with Gasteiger partial charge in [-0.05, 0) is 65.7 Å². The van der Waals surface area contributed by atoms with E-state index in [4.69, 9.17) is 16.3 Å². The van der Waals surface area contributed by atoms with E-state index < -0.39 is 6.09 Å². The first-order chi connectivity index (χ1) is 20.0. The SMILES string of the molecule is COC(=O)Nc1ccc2c(c1)NCCCCCC(NC(=O)/C=C/c1cc(Cl)ccc1-n1cnnn1)c1cc-2cnn1. The molecule has 0 fully saturated rings. The normalized spacial score (nSPS) is 15.1. The summed E-state index contributed by atoms with van der Waals surface area (Å²) in [5.74, 6) is -0.280. The van der Waals surface area contributed by atoms with Crippen LogP contribution in [0.4, 0.5) is 16.2 Å². The van der Waals surface area contributed by atoms with Crippen LogP contribution >= 0.6 is 11.6 Å². The fourth-order valence-corrected chi connectivity index (χ4v) is 4.76. The van der Waals surface area contributed by atoms with Crippen molar-refractivity contribution >= 4 is 41.1 Å². The highest BCUT2D eigenvalue weighted by Crippen LogP contribution is 2.33. The molecule has 1 atom stereocenters. The largest absolute Gasteiger partial charge is 0.453 e. The van der Waals surface area contributed by atoms with Crippen molar-refractivity contribution < 1.29 is 14.3 Å². The van der Waals surface area contributed by atoms with Crippen molar-refractivity contribution in [2.24, 2.45) is 0 Å². The summed E-state index contributed by atoms with van der Waals surface area (Å²) in [6.07, 6.45) is 9.23. The van der Waals surface area contributed by atoms with Crippen LogP contribution in [0.1, 0.15) is 43.0 Å². The number of tetrazole rings is 1. The number of hydrogen-bond donors (Lipinski definition) is 3. The molecular weight excluding hydrogens is 546 g/mol. The van der Waals surface area contributed by atoms with Crippen LogP contribution in [-0.2, 0) is 9.53 Å². The fourth-order valence-electron chi connectivity index (χ4n) is 4.58. The van der Waals surface area contributed by atoms with Gasteiger partial charge in [-0.2, -0.15) is 14.9 Å². The van der Waals surface area contributed by atoms with Crippen LogP contribution in [0.2, 0.25) is 5.02 Å². The van der Waals surface area contributed by atoms with E-state index >= 15 is 0 Å². The maximum absolute atomic E-state index is 13.1. The van der Waals surface area contributed by atoms with Crippen LogP contribution in [0.15, 0.2) is 61.1 Å². The first-order valence-corrected chi connectivity index (χ1v) is 13.5. The lowest BCUT2D eigenvalue weighted by atomic mass is 9.99. The Morgan fingerprint density at radius 1 is 1.12 bits per heavy atom. The highest BCUT2D eigenvalue weighted by molar-refractivity contribution is 6.30. The van der Waals surface area contributed by atoms with Crippen LogP contribution in [0.25, 0.3) is 22.9 Å². The number of aromatic nitrogens is 6. The van der Waals surface area contributed by atoms with E-state index in [1.165, 1.54) is 24.2 Å². The molecule has 0 aliphatic carbocycles. The van der Waals surface area contributed by atoms with Gasteiger partial charge in [0.1, 0.15) is 6.33 Å². The molecule has 1 aliphatic rings. The molecule has 41 heavy (non-hydrogen) atoms. The van der Waals surface area contributed by atoms with Crippen LogP contribution in [-0.4, -0.2) is 56.1 Å². The Labute approximate surface area is 241 Å². The van der Waals surface area contributed by atoms with Gasteiger partial charge < -0.3 is 15.4 Å². The molecule has 1 unspecified atom stereocenters. The molecule has 2 bridgehead atoms. The smallest absolute Gasteiger partial charge is 0.411 e. The molecule has 12 nitrogen and oxygen atoms in total. The molecule has 5 rings (SSSR count). The number of amides is 2. The third kappa shape index (κ3) is 7.03. The Morgan fingerprint density at radius 2 is 2.02 bits per heavy atom. The number of ether oxygens (including phenoxy) is 1. The van der Waals surface area contributed by atoms with Crippen LogP contribution in [0, 0.1) is 0 Å².